The van der Waals surface area contributed by atoms with Crippen molar-refractivity contribution in [3.63, 3.8) is 0 Å². The Morgan fingerprint density at radius 1 is 1.27 bits per heavy atom. The van der Waals surface area contributed by atoms with Crippen LogP contribution in [0.3, 0.4) is 0 Å². The van der Waals surface area contributed by atoms with Gasteiger partial charge in [0.25, 0.3) is 5.91 Å². The van der Waals surface area contributed by atoms with Gasteiger partial charge in [0.05, 0.1) is 12.0 Å². The number of nitrogens with zero attached hydrogens (tertiary/aromatic N) is 1. The SMILES string of the molecule is CCN1C(=O)Cc2cc(NC(=O)c3ccccc3Br)ccc21. The van der Waals surface area contributed by atoms with Crippen LogP contribution in [0.5, 0.6) is 0 Å². The maximum Gasteiger partial charge on any atom is 0.256 e. The summed E-state index contributed by atoms with van der Waals surface area (Å²) >= 11 is 3.37. The maximum atomic E-state index is 12.3. The van der Waals surface area contributed by atoms with Gasteiger partial charge in [0, 0.05) is 22.4 Å². The molecule has 1 aliphatic heterocycles. The molecule has 0 spiro atoms. The topological polar surface area (TPSA) is 49.4 Å². The fourth-order valence-corrected chi connectivity index (χ4v) is 3.12. The Hall–Kier alpha value is -2.14. The molecule has 0 radical (unpaired) electrons. The average Bonchev–Trinajstić information content (AvgIpc) is 2.81. The second kappa shape index (κ2) is 5.93. The molecule has 1 heterocycles. The highest BCUT2D eigenvalue weighted by Gasteiger charge is 2.26. The highest BCUT2D eigenvalue weighted by molar-refractivity contribution is 9.10. The van der Waals surface area contributed by atoms with Crippen molar-refractivity contribution in [1.29, 1.82) is 0 Å². The first-order valence-corrected chi connectivity index (χ1v) is 7.88. The van der Waals surface area contributed by atoms with E-state index in [1.807, 2.05) is 43.3 Å². The smallest absolute Gasteiger partial charge is 0.256 e. The molecular weight excluding hydrogens is 344 g/mol. The predicted octanol–water partition coefficient (Wildman–Crippen LogP) is 3.61. The van der Waals surface area contributed by atoms with Crippen LogP contribution in [0.25, 0.3) is 0 Å². The van der Waals surface area contributed by atoms with Crippen LogP contribution in [0.1, 0.15) is 22.8 Å². The maximum absolute atomic E-state index is 12.3. The van der Waals surface area contributed by atoms with Crippen molar-refractivity contribution >= 4 is 39.1 Å². The predicted molar refractivity (Wildman–Crippen MR) is 90.3 cm³/mol. The molecule has 0 aliphatic carbocycles. The number of anilines is 2. The van der Waals surface area contributed by atoms with Gasteiger partial charge in [-0.05, 0) is 58.7 Å². The zero-order chi connectivity index (χ0) is 15.7. The molecular formula is C17H15BrN2O2. The molecule has 2 aromatic rings. The van der Waals surface area contributed by atoms with Crippen molar-refractivity contribution in [3.8, 4) is 0 Å². The fourth-order valence-electron chi connectivity index (χ4n) is 2.65. The highest BCUT2D eigenvalue weighted by Crippen LogP contribution is 2.31. The summed E-state index contributed by atoms with van der Waals surface area (Å²) < 4.78 is 0.751. The lowest BCUT2D eigenvalue weighted by atomic mass is 10.1. The minimum atomic E-state index is -0.177. The number of carbonyl (C=O) groups is 2. The van der Waals surface area contributed by atoms with Gasteiger partial charge in [0.1, 0.15) is 0 Å². The number of hydrogen-bond acceptors (Lipinski definition) is 2. The number of carbonyl (C=O) groups excluding carboxylic acids is 2. The van der Waals surface area contributed by atoms with E-state index in [9.17, 15) is 9.59 Å². The Morgan fingerprint density at radius 3 is 2.77 bits per heavy atom. The molecule has 2 amide bonds. The second-order valence-electron chi connectivity index (χ2n) is 5.09. The number of rotatable bonds is 3. The third-order valence-corrected chi connectivity index (χ3v) is 4.40. The standard InChI is InChI=1S/C17H15BrN2O2/c1-2-20-15-8-7-12(9-11(15)10-16(20)21)19-17(22)13-5-3-4-6-14(13)18/h3-9H,2,10H2,1H3,(H,19,22). The van der Waals surface area contributed by atoms with Crippen LogP contribution in [0.15, 0.2) is 46.9 Å². The Kier molecular flexibility index (Phi) is 3.98. The highest BCUT2D eigenvalue weighted by atomic mass is 79.9. The van der Waals surface area contributed by atoms with E-state index >= 15 is 0 Å². The van der Waals surface area contributed by atoms with E-state index in [-0.39, 0.29) is 11.8 Å². The van der Waals surface area contributed by atoms with Gasteiger partial charge in [-0.3, -0.25) is 9.59 Å². The Balaban J connectivity index is 1.83. The van der Waals surface area contributed by atoms with E-state index in [2.05, 4.69) is 21.2 Å². The Bertz CT molecular complexity index is 758. The number of fused-ring (bicyclic) bond motifs is 1. The summed E-state index contributed by atoms with van der Waals surface area (Å²) in [7, 11) is 0. The minimum Gasteiger partial charge on any atom is -0.322 e. The van der Waals surface area contributed by atoms with Crippen LogP contribution in [0.4, 0.5) is 11.4 Å². The van der Waals surface area contributed by atoms with Crippen LogP contribution in [-0.2, 0) is 11.2 Å². The molecule has 0 saturated carbocycles. The van der Waals surface area contributed by atoms with Crippen molar-refractivity contribution in [3.05, 3.63) is 58.1 Å². The minimum absolute atomic E-state index is 0.104. The lowest BCUT2D eigenvalue weighted by molar-refractivity contribution is -0.117. The molecule has 0 bridgehead atoms. The lowest BCUT2D eigenvalue weighted by Crippen LogP contribution is -2.25. The van der Waals surface area contributed by atoms with E-state index < -0.39 is 0 Å². The molecule has 1 N–H and O–H groups in total. The van der Waals surface area contributed by atoms with Gasteiger partial charge in [-0.15, -0.1) is 0 Å². The van der Waals surface area contributed by atoms with E-state index in [1.165, 1.54) is 0 Å². The first-order chi connectivity index (χ1) is 10.6. The van der Waals surface area contributed by atoms with Crippen molar-refractivity contribution in [2.75, 3.05) is 16.8 Å². The molecule has 0 fully saturated rings. The first kappa shape index (κ1) is 14.8. The van der Waals surface area contributed by atoms with E-state index in [0.29, 0.717) is 24.2 Å². The van der Waals surface area contributed by atoms with Crippen LogP contribution < -0.4 is 10.2 Å². The fraction of sp³-hybridized carbons (Fsp3) is 0.176. The number of benzene rings is 2. The van der Waals surface area contributed by atoms with Gasteiger partial charge in [0.2, 0.25) is 5.91 Å². The lowest BCUT2D eigenvalue weighted by Gasteiger charge is -2.15. The molecule has 2 aromatic carbocycles. The summed E-state index contributed by atoms with van der Waals surface area (Å²) in [6.07, 6.45) is 0.391. The summed E-state index contributed by atoms with van der Waals surface area (Å²) in [5.41, 5.74) is 3.17. The van der Waals surface area contributed by atoms with Gasteiger partial charge < -0.3 is 10.2 Å². The molecule has 0 atom stereocenters. The number of likely N-dealkylation sites (N-methyl/N-ethyl adjacent to an activating group) is 1. The van der Waals surface area contributed by atoms with E-state index in [4.69, 9.17) is 0 Å². The Labute approximate surface area is 137 Å². The zero-order valence-corrected chi connectivity index (χ0v) is 13.7. The number of amides is 2. The van der Waals surface area contributed by atoms with E-state index in [0.717, 1.165) is 15.7 Å². The zero-order valence-electron chi connectivity index (χ0n) is 12.1. The van der Waals surface area contributed by atoms with Crippen LogP contribution in [-0.4, -0.2) is 18.4 Å². The van der Waals surface area contributed by atoms with Crippen molar-refractivity contribution in [2.24, 2.45) is 0 Å². The summed E-state index contributed by atoms with van der Waals surface area (Å²) in [5.74, 6) is -0.0733. The largest absolute Gasteiger partial charge is 0.322 e. The third kappa shape index (κ3) is 2.64. The van der Waals surface area contributed by atoms with E-state index in [1.54, 1.807) is 11.0 Å². The molecule has 3 rings (SSSR count). The number of hydrogen-bond donors (Lipinski definition) is 1. The quantitative estimate of drug-likeness (QED) is 0.910. The van der Waals surface area contributed by atoms with Gasteiger partial charge in [-0.1, -0.05) is 12.1 Å². The van der Waals surface area contributed by atoms with Gasteiger partial charge >= 0.3 is 0 Å². The molecule has 0 saturated heterocycles. The molecule has 0 aromatic heterocycles. The molecule has 1 aliphatic rings. The summed E-state index contributed by atoms with van der Waals surface area (Å²) in [6, 6.07) is 12.9. The monoisotopic (exact) mass is 358 g/mol. The molecule has 4 nitrogen and oxygen atoms in total. The van der Waals surface area contributed by atoms with Crippen molar-refractivity contribution in [2.45, 2.75) is 13.3 Å². The molecule has 22 heavy (non-hydrogen) atoms. The summed E-state index contributed by atoms with van der Waals surface area (Å²) in [5, 5.41) is 2.88. The van der Waals surface area contributed by atoms with Gasteiger partial charge in [-0.2, -0.15) is 0 Å². The summed E-state index contributed by atoms with van der Waals surface area (Å²) in [6.45, 7) is 2.62. The Morgan fingerprint density at radius 2 is 2.05 bits per heavy atom. The average molecular weight is 359 g/mol. The van der Waals surface area contributed by atoms with Crippen LogP contribution in [0.2, 0.25) is 0 Å². The molecule has 112 valence electrons. The van der Waals surface area contributed by atoms with Crippen LogP contribution >= 0.6 is 15.9 Å². The number of halogens is 1. The van der Waals surface area contributed by atoms with Crippen molar-refractivity contribution in [1.82, 2.24) is 0 Å². The number of nitrogens with one attached hydrogen (secondary N) is 1. The van der Waals surface area contributed by atoms with Crippen LogP contribution in [0, 0.1) is 0 Å². The summed E-state index contributed by atoms with van der Waals surface area (Å²) in [4.78, 5) is 26.0. The normalized spacial score (nSPS) is 13.2. The third-order valence-electron chi connectivity index (χ3n) is 3.71. The van der Waals surface area contributed by atoms with Gasteiger partial charge in [0.15, 0.2) is 0 Å². The van der Waals surface area contributed by atoms with Crippen molar-refractivity contribution < 1.29 is 9.59 Å². The second-order valence-corrected chi connectivity index (χ2v) is 5.95. The van der Waals surface area contributed by atoms with Gasteiger partial charge in [-0.25, -0.2) is 0 Å². The molecule has 0 unspecified atom stereocenters. The first-order valence-electron chi connectivity index (χ1n) is 7.09. The molecule has 5 heteroatoms.